The van der Waals surface area contributed by atoms with Crippen LogP contribution in [0.2, 0.25) is 0 Å². The third-order valence-electron chi connectivity index (χ3n) is 4.04. The van der Waals surface area contributed by atoms with Crippen molar-refractivity contribution in [2.75, 3.05) is 13.1 Å². The van der Waals surface area contributed by atoms with Gasteiger partial charge in [-0.25, -0.2) is 4.98 Å². The molecule has 1 aromatic rings. The smallest absolute Gasteiger partial charge is 0.112 e. The Morgan fingerprint density at radius 1 is 1.53 bits per heavy atom. The fraction of sp³-hybridized carbons (Fsp3) is 0.769. The molecule has 3 N–H and O–H groups in total. The summed E-state index contributed by atoms with van der Waals surface area (Å²) in [4.78, 5) is 4.39. The summed E-state index contributed by atoms with van der Waals surface area (Å²) in [7, 11) is 0. The molecule has 0 bridgehead atoms. The van der Waals surface area contributed by atoms with Crippen molar-refractivity contribution in [1.29, 1.82) is 0 Å². The van der Waals surface area contributed by atoms with Gasteiger partial charge in [0.1, 0.15) is 5.01 Å². The summed E-state index contributed by atoms with van der Waals surface area (Å²) in [6.45, 7) is 6.26. The maximum Gasteiger partial charge on any atom is 0.112 e. The lowest BCUT2D eigenvalue weighted by Crippen LogP contribution is -2.43. The Morgan fingerprint density at radius 2 is 2.29 bits per heavy atom. The van der Waals surface area contributed by atoms with Crippen molar-refractivity contribution in [2.45, 2.75) is 45.1 Å². The van der Waals surface area contributed by atoms with Crippen LogP contribution >= 0.6 is 11.3 Å². The van der Waals surface area contributed by atoms with Gasteiger partial charge in [-0.1, -0.05) is 6.42 Å². The van der Waals surface area contributed by atoms with Gasteiger partial charge in [-0.05, 0) is 51.6 Å². The van der Waals surface area contributed by atoms with Crippen molar-refractivity contribution in [3.8, 4) is 0 Å². The van der Waals surface area contributed by atoms with E-state index in [1.54, 1.807) is 11.3 Å². The lowest BCUT2D eigenvalue weighted by Gasteiger charge is -2.41. The summed E-state index contributed by atoms with van der Waals surface area (Å²) in [5, 5.41) is 6.81. The minimum absolute atomic E-state index is 0.0201. The van der Waals surface area contributed by atoms with Crippen LogP contribution in [0.4, 0.5) is 0 Å². The van der Waals surface area contributed by atoms with Gasteiger partial charge in [0.2, 0.25) is 0 Å². The van der Waals surface area contributed by atoms with Crippen molar-refractivity contribution in [3.63, 3.8) is 0 Å². The van der Waals surface area contributed by atoms with Crippen molar-refractivity contribution >= 4 is 11.3 Å². The van der Waals surface area contributed by atoms with E-state index in [2.05, 4.69) is 24.1 Å². The fourth-order valence-corrected chi connectivity index (χ4v) is 3.22. The first kappa shape index (κ1) is 13.0. The number of aromatic nitrogens is 1. The molecule has 0 saturated heterocycles. The standard InChI is InChI=1S/C13H23N3S/c1-12(2,11-15-8-9-17-11)16-7-6-13(10-14)4-3-5-13/h8-9,16H,3-7,10,14H2,1-2H3. The van der Waals surface area contributed by atoms with Crippen molar-refractivity contribution < 1.29 is 0 Å². The molecule has 1 heterocycles. The Kier molecular flexibility index (Phi) is 3.85. The second-order valence-electron chi connectivity index (χ2n) is 5.70. The van der Waals surface area contributed by atoms with Crippen LogP contribution in [-0.2, 0) is 5.54 Å². The molecule has 96 valence electrons. The van der Waals surface area contributed by atoms with Gasteiger partial charge >= 0.3 is 0 Å². The van der Waals surface area contributed by atoms with Crippen molar-refractivity contribution in [2.24, 2.45) is 11.1 Å². The Balaban J connectivity index is 1.82. The molecule has 0 radical (unpaired) electrons. The van der Waals surface area contributed by atoms with E-state index >= 15 is 0 Å². The predicted molar refractivity (Wildman–Crippen MR) is 73.1 cm³/mol. The topological polar surface area (TPSA) is 50.9 Å². The number of nitrogens with two attached hydrogens (primary N) is 1. The van der Waals surface area contributed by atoms with Gasteiger partial charge in [-0.3, -0.25) is 0 Å². The van der Waals surface area contributed by atoms with E-state index in [0.717, 1.165) is 18.1 Å². The first-order valence-electron chi connectivity index (χ1n) is 6.43. The zero-order valence-corrected chi connectivity index (χ0v) is 11.6. The number of nitrogens with one attached hydrogen (secondary N) is 1. The molecule has 4 heteroatoms. The van der Waals surface area contributed by atoms with E-state index in [4.69, 9.17) is 5.73 Å². The quantitative estimate of drug-likeness (QED) is 0.819. The fourth-order valence-electron chi connectivity index (χ4n) is 2.48. The van der Waals surface area contributed by atoms with E-state index in [-0.39, 0.29) is 5.54 Å². The van der Waals surface area contributed by atoms with Crippen LogP contribution in [0.15, 0.2) is 11.6 Å². The lowest BCUT2D eigenvalue weighted by molar-refractivity contribution is 0.126. The molecule has 1 aliphatic carbocycles. The second-order valence-corrected chi connectivity index (χ2v) is 6.59. The number of hydrogen-bond acceptors (Lipinski definition) is 4. The first-order chi connectivity index (χ1) is 8.08. The Hall–Kier alpha value is -0.450. The van der Waals surface area contributed by atoms with E-state index in [1.807, 2.05) is 11.6 Å². The van der Waals surface area contributed by atoms with Gasteiger partial charge in [0.15, 0.2) is 0 Å². The number of hydrogen-bond donors (Lipinski definition) is 2. The summed E-state index contributed by atoms with van der Waals surface area (Å²) in [5.74, 6) is 0. The molecule has 3 nitrogen and oxygen atoms in total. The molecular formula is C13H23N3S. The molecule has 0 aliphatic heterocycles. The maximum atomic E-state index is 5.88. The maximum absolute atomic E-state index is 5.88. The molecule has 0 unspecified atom stereocenters. The van der Waals surface area contributed by atoms with E-state index < -0.39 is 0 Å². The van der Waals surface area contributed by atoms with Gasteiger partial charge < -0.3 is 11.1 Å². The predicted octanol–water partition coefficient (Wildman–Crippen LogP) is 2.49. The van der Waals surface area contributed by atoms with E-state index in [0.29, 0.717) is 5.41 Å². The largest absolute Gasteiger partial charge is 0.330 e. The van der Waals surface area contributed by atoms with Gasteiger partial charge in [0.05, 0.1) is 5.54 Å². The molecule has 0 aromatic carbocycles. The van der Waals surface area contributed by atoms with Crippen LogP contribution in [0, 0.1) is 5.41 Å². The van der Waals surface area contributed by atoms with Crippen LogP contribution in [0.3, 0.4) is 0 Å². The summed E-state index contributed by atoms with van der Waals surface area (Å²) in [6.07, 6.45) is 7.04. The third-order valence-corrected chi connectivity index (χ3v) is 5.13. The molecule has 1 saturated carbocycles. The SMILES string of the molecule is CC(C)(NCCC1(CN)CCC1)c1nccs1. The summed E-state index contributed by atoms with van der Waals surface area (Å²) >= 11 is 1.71. The van der Waals surface area contributed by atoms with E-state index in [1.165, 1.54) is 25.7 Å². The zero-order valence-electron chi connectivity index (χ0n) is 10.8. The zero-order chi connectivity index (χ0) is 12.4. The van der Waals surface area contributed by atoms with Crippen LogP contribution < -0.4 is 11.1 Å². The molecule has 2 rings (SSSR count). The minimum atomic E-state index is -0.0201. The van der Waals surface area contributed by atoms with Gasteiger partial charge in [0.25, 0.3) is 0 Å². The Bertz CT molecular complexity index is 336. The third kappa shape index (κ3) is 2.87. The highest BCUT2D eigenvalue weighted by molar-refractivity contribution is 7.09. The summed E-state index contributed by atoms with van der Waals surface area (Å²) < 4.78 is 0. The number of thiazole rings is 1. The second kappa shape index (κ2) is 5.04. The van der Waals surface area contributed by atoms with Crippen LogP contribution in [-0.4, -0.2) is 18.1 Å². The van der Waals surface area contributed by atoms with Crippen LogP contribution in [0.25, 0.3) is 0 Å². The summed E-state index contributed by atoms with van der Waals surface area (Å²) in [5.41, 5.74) is 6.29. The Labute approximate surface area is 108 Å². The highest BCUT2D eigenvalue weighted by Gasteiger charge is 2.35. The average molecular weight is 253 g/mol. The first-order valence-corrected chi connectivity index (χ1v) is 7.31. The van der Waals surface area contributed by atoms with Crippen molar-refractivity contribution in [1.82, 2.24) is 10.3 Å². The lowest BCUT2D eigenvalue weighted by atomic mass is 9.67. The summed E-state index contributed by atoms with van der Waals surface area (Å²) in [6, 6.07) is 0. The van der Waals surface area contributed by atoms with Crippen LogP contribution in [0.1, 0.15) is 44.5 Å². The molecule has 1 aliphatic rings. The van der Waals surface area contributed by atoms with Gasteiger partial charge in [-0.15, -0.1) is 11.3 Å². The molecule has 17 heavy (non-hydrogen) atoms. The van der Waals surface area contributed by atoms with Crippen LogP contribution in [0.5, 0.6) is 0 Å². The monoisotopic (exact) mass is 253 g/mol. The minimum Gasteiger partial charge on any atom is -0.330 e. The molecule has 1 fully saturated rings. The Morgan fingerprint density at radius 3 is 2.76 bits per heavy atom. The number of rotatable bonds is 6. The molecule has 0 spiro atoms. The molecule has 0 amide bonds. The molecule has 0 atom stereocenters. The van der Waals surface area contributed by atoms with E-state index in [9.17, 15) is 0 Å². The highest BCUT2D eigenvalue weighted by atomic mass is 32.1. The average Bonchev–Trinajstić information content (AvgIpc) is 2.76. The molecular weight excluding hydrogens is 230 g/mol. The van der Waals surface area contributed by atoms with Gasteiger partial charge in [0, 0.05) is 11.6 Å². The normalized spacial score (nSPS) is 19.0. The highest BCUT2D eigenvalue weighted by Crippen LogP contribution is 2.42. The van der Waals surface area contributed by atoms with Gasteiger partial charge in [-0.2, -0.15) is 0 Å². The molecule has 1 aromatic heterocycles. The number of nitrogens with zero attached hydrogens (tertiary/aromatic N) is 1. The van der Waals surface area contributed by atoms with Crippen molar-refractivity contribution in [3.05, 3.63) is 16.6 Å².